The lowest BCUT2D eigenvalue weighted by atomic mass is 10.3. The quantitative estimate of drug-likeness (QED) is 0.673. The van der Waals surface area contributed by atoms with Crippen LogP contribution in [-0.2, 0) is 11.3 Å². The van der Waals surface area contributed by atoms with Crippen molar-refractivity contribution in [2.24, 2.45) is 0 Å². The molecule has 1 N–H and O–H groups in total. The first kappa shape index (κ1) is 16.7. The molecule has 1 amide bonds. The number of aromatic nitrogens is 3. The molecule has 0 saturated carbocycles. The summed E-state index contributed by atoms with van der Waals surface area (Å²) in [5, 5.41) is 16.0. The van der Waals surface area contributed by atoms with Crippen molar-refractivity contribution in [3.05, 3.63) is 47.2 Å². The van der Waals surface area contributed by atoms with Gasteiger partial charge in [-0.05, 0) is 37.4 Å². The van der Waals surface area contributed by atoms with E-state index in [1.807, 2.05) is 53.3 Å². The lowest BCUT2D eigenvalue weighted by Gasteiger charge is -2.12. The Hall–Kier alpha value is -2.12. The van der Waals surface area contributed by atoms with Crippen molar-refractivity contribution in [1.29, 1.82) is 0 Å². The van der Waals surface area contributed by atoms with Crippen LogP contribution >= 0.6 is 23.1 Å². The fourth-order valence-electron chi connectivity index (χ4n) is 2.24. The second-order valence-electron chi connectivity index (χ2n) is 5.18. The SMILES string of the molecule is CCn1c(SC(C)C(=O)Nc2ccccc2)nnc1-c1ccsc1. The predicted octanol–water partition coefficient (Wildman–Crippen LogP) is 4.15. The van der Waals surface area contributed by atoms with Crippen LogP contribution in [0, 0.1) is 0 Å². The highest BCUT2D eigenvalue weighted by atomic mass is 32.2. The van der Waals surface area contributed by atoms with Gasteiger partial charge in [0.1, 0.15) is 0 Å². The van der Waals surface area contributed by atoms with E-state index in [4.69, 9.17) is 0 Å². The van der Waals surface area contributed by atoms with Crippen molar-refractivity contribution in [3.63, 3.8) is 0 Å². The van der Waals surface area contributed by atoms with Gasteiger partial charge in [-0.2, -0.15) is 11.3 Å². The van der Waals surface area contributed by atoms with Crippen LogP contribution in [0.2, 0.25) is 0 Å². The summed E-state index contributed by atoms with van der Waals surface area (Å²) >= 11 is 3.05. The van der Waals surface area contributed by atoms with Crippen molar-refractivity contribution in [3.8, 4) is 11.4 Å². The number of hydrogen-bond donors (Lipinski definition) is 1. The van der Waals surface area contributed by atoms with Gasteiger partial charge >= 0.3 is 0 Å². The number of thiophene rings is 1. The van der Waals surface area contributed by atoms with Crippen molar-refractivity contribution in [1.82, 2.24) is 14.8 Å². The van der Waals surface area contributed by atoms with Gasteiger partial charge in [-0.25, -0.2) is 0 Å². The number of amides is 1. The molecule has 0 bridgehead atoms. The van der Waals surface area contributed by atoms with Crippen LogP contribution in [0.1, 0.15) is 13.8 Å². The third kappa shape index (κ3) is 3.68. The van der Waals surface area contributed by atoms with E-state index in [0.717, 1.165) is 28.8 Å². The second-order valence-corrected chi connectivity index (χ2v) is 7.27. The maximum absolute atomic E-state index is 12.4. The minimum Gasteiger partial charge on any atom is -0.325 e. The molecule has 0 radical (unpaired) electrons. The van der Waals surface area contributed by atoms with Crippen LogP contribution in [0.25, 0.3) is 11.4 Å². The first-order chi connectivity index (χ1) is 11.7. The number of nitrogens with one attached hydrogen (secondary N) is 1. The molecular formula is C17H18N4OS2. The van der Waals surface area contributed by atoms with Gasteiger partial charge in [0, 0.05) is 23.2 Å². The maximum atomic E-state index is 12.4. The Morgan fingerprint density at radius 3 is 2.75 bits per heavy atom. The fraction of sp³-hybridized carbons (Fsp3) is 0.235. The van der Waals surface area contributed by atoms with Crippen LogP contribution < -0.4 is 5.32 Å². The molecule has 0 spiro atoms. The van der Waals surface area contributed by atoms with Crippen molar-refractivity contribution in [2.45, 2.75) is 30.8 Å². The molecule has 2 heterocycles. The molecule has 124 valence electrons. The zero-order valence-electron chi connectivity index (χ0n) is 13.5. The van der Waals surface area contributed by atoms with E-state index in [1.165, 1.54) is 11.8 Å². The number of carbonyl (C=O) groups is 1. The number of nitrogens with zero attached hydrogens (tertiary/aromatic N) is 3. The summed E-state index contributed by atoms with van der Waals surface area (Å²) in [4.78, 5) is 12.4. The van der Waals surface area contributed by atoms with Crippen LogP contribution in [-0.4, -0.2) is 25.9 Å². The molecule has 1 aromatic carbocycles. The van der Waals surface area contributed by atoms with Gasteiger partial charge in [-0.3, -0.25) is 4.79 Å². The zero-order valence-corrected chi connectivity index (χ0v) is 15.1. The maximum Gasteiger partial charge on any atom is 0.237 e. The Morgan fingerprint density at radius 1 is 1.29 bits per heavy atom. The van der Waals surface area contributed by atoms with Gasteiger partial charge in [-0.15, -0.1) is 10.2 Å². The van der Waals surface area contributed by atoms with E-state index < -0.39 is 0 Å². The first-order valence-corrected chi connectivity index (χ1v) is 9.49. The van der Waals surface area contributed by atoms with E-state index in [-0.39, 0.29) is 11.2 Å². The molecule has 0 aliphatic rings. The number of thioether (sulfide) groups is 1. The third-order valence-electron chi connectivity index (χ3n) is 3.51. The normalized spacial score (nSPS) is 12.1. The number of para-hydroxylation sites is 1. The highest BCUT2D eigenvalue weighted by molar-refractivity contribution is 8.00. The topological polar surface area (TPSA) is 59.8 Å². The van der Waals surface area contributed by atoms with Crippen molar-refractivity contribution < 1.29 is 4.79 Å². The minimum atomic E-state index is -0.268. The molecule has 0 saturated heterocycles. The van der Waals surface area contributed by atoms with E-state index in [1.54, 1.807) is 11.3 Å². The number of carbonyl (C=O) groups excluding carboxylic acids is 1. The summed E-state index contributed by atoms with van der Waals surface area (Å²) in [5.41, 5.74) is 1.86. The van der Waals surface area contributed by atoms with Gasteiger partial charge in [0.05, 0.1) is 5.25 Å². The van der Waals surface area contributed by atoms with E-state index in [9.17, 15) is 4.79 Å². The average molecular weight is 358 g/mol. The second kappa shape index (κ2) is 7.63. The Labute approximate surface area is 149 Å². The van der Waals surface area contributed by atoms with E-state index in [0.29, 0.717) is 0 Å². The van der Waals surface area contributed by atoms with Gasteiger partial charge in [-0.1, -0.05) is 30.0 Å². The highest BCUT2D eigenvalue weighted by Crippen LogP contribution is 2.28. The molecule has 0 aliphatic carbocycles. The monoisotopic (exact) mass is 358 g/mol. The van der Waals surface area contributed by atoms with Crippen LogP contribution in [0.4, 0.5) is 5.69 Å². The summed E-state index contributed by atoms with van der Waals surface area (Å²) in [7, 11) is 0. The van der Waals surface area contributed by atoms with Crippen molar-refractivity contribution >= 4 is 34.7 Å². The Balaban J connectivity index is 1.72. The molecule has 1 atom stereocenters. The standard InChI is InChI=1S/C17H18N4OS2/c1-3-21-15(13-9-10-23-11-13)19-20-17(21)24-12(2)16(22)18-14-7-5-4-6-8-14/h4-12H,3H2,1-2H3,(H,18,22). The lowest BCUT2D eigenvalue weighted by Crippen LogP contribution is -2.22. The Morgan fingerprint density at radius 2 is 2.08 bits per heavy atom. The molecule has 7 heteroatoms. The number of benzene rings is 1. The van der Waals surface area contributed by atoms with Crippen LogP contribution in [0.5, 0.6) is 0 Å². The largest absolute Gasteiger partial charge is 0.325 e. The van der Waals surface area contributed by atoms with E-state index in [2.05, 4.69) is 27.8 Å². The Bertz CT molecular complexity index is 799. The third-order valence-corrected chi connectivity index (χ3v) is 5.27. The zero-order chi connectivity index (χ0) is 16.9. The molecule has 3 aromatic rings. The first-order valence-electron chi connectivity index (χ1n) is 7.67. The molecule has 5 nitrogen and oxygen atoms in total. The summed E-state index contributed by atoms with van der Waals surface area (Å²) in [6.45, 7) is 4.69. The van der Waals surface area contributed by atoms with Gasteiger partial charge in [0.25, 0.3) is 0 Å². The average Bonchev–Trinajstić information content (AvgIpc) is 3.24. The number of hydrogen-bond acceptors (Lipinski definition) is 5. The predicted molar refractivity (Wildman–Crippen MR) is 99.4 cm³/mol. The molecule has 3 rings (SSSR count). The van der Waals surface area contributed by atoms with Crippen LogP contribution in [0.15, 0.2) is 52.3 Å². The van der Waals surface area contributed by atoms with Crippen LogP contribution in [0.3, 0.4) is 0 Å². The molecule has 1 unspecified atom stereocenters. The summed E-state index contributed by atoms with van der Waals surface area (Å²) < 4.78 is 2.04. The Kier molecular flexibility index (Phi) is 5.32. The highest BCUT2D eigenvalue weighted by Gasteiger charge is 2.20. The van der Waals surface area contributed by atoms with Gasteiger partial charge in [0.15, 0.2) is 11.0 Å². The number of anilines is 1. The summed E-state index contributed by atoms with van der Waals surface area (Å²) in [5.74, 6) is 0.797. The summed E-state index contributed by atoms with van der Waals surface area (Å²) in [6, 6.07) is 11.5. The molecule has 0 aliphatic heterocycles. The lowest BCUT2D eigenvalue weighted by molar-refractivity contribution is -0.115. The molecule has 0 fully saturated rings. The minimum absolute atomic E-state index is 0.0473. The van der Waals surface area contributed by atoms with E-state index >= 15 is 0 Å². The van der Waals surface area contributed by atoms with Gasteiger partial charge in [0.2, 0.25) is 5.91 Å². The smallest absolute Gasteiger partial charge is 0.237 e. The molecule has 2 aromatic heterocycles. The fourth-order valence-corrected chi connectivity index (χ4v) is 3.79. The molecular weight excluding hydrogens is 340 g/mol. The summed E-state index contributed by atoms with van der Waals surface area (Å²) in [6.07, 6.45) is 0. The number of rotatable bonds is 6. The van der Waals surface area contributed by atoms with Gasteiger partial charge < -0.3 is 9.88 Å². The molecule has 24 heavy (non-hydrogen) atoms. The van der Waals surface area contributed by atoms with Crippen molar-refractivity contribution in [2.75, 3.05) is 5.32 Å².